The van der Waals surface area contributed by atoms with Crippen molar-refractivity contribution in [1.29, 1.82) is 5.26 Å². The molecule has 3 rings (SSSR count). The number of benzene rings is 2. The monoisotopic (exact) mass is 414 g/mol. The summed E-state index contributed by atoms with van der Waals surface area (Å²) in [6, 6.07) is 18.8. The van der Waals surface area contributed by atoms with Gasteiger partial charge < -0.3 is 15.5 Å². The highest BCUT2D eigenvalue weighted by atomic mass is 16.1. The SMILES string of the molecule is CCN(CC)CCNC(=O)c1ccc(Nc2ncc(C#N)c(-c3ccccc3)n2)cc1. The first kappa shape index (κ1) is 21.9. The fraction of sp³-hybridized carbons (Fsp3) is 0.250. The van der Waals surface area contributed by atoms with Crippen LogP contribution in [0.15, 0.2) is 60.8 Å². The molecule has 0 atom stereocenters. The number of amides is 1. The van der Waals surface area contributed by atoms with Gasteiger partial charge in [-0.2, -0.15) is 5.26 Å². The van der Waals surface area contributed by atoms with Gasteiger partial charge in [-0.1, -0.05) is 44.2 Å². The molecule has 2 aromatic carbocycles. The molecular weight excluding hydrogens is 388 g/mol. The number of hydrogen-bond acceptors (Lipinski definition) is 6. The summed E-state index contributed by atoms with van der Waals surface area (Å²) in [6.07, 6.45) is 1.51. The van der Waals surface area contributed by atoms with E-state index in [0.29, 0.717) is 29.3 Å². The number of nitriles is 1. The van der Waals surface area contributed by atoms with E-state index >= 15 is 0 Å². The Balaban J connectivity index is 1.66. The van der Waals surface area contributed by atoms with E-state index in [1.165, 1.54) is 6.20 Å². The van der Waals surface area contributed by atoms with Crippen LogP contribution in [-0.2, 0) is 0 Å². The normalized spacial score (nSPS) is 10.5. The molecule has 0 spiro atoms. The van der Waals surface area contributed by atoms with E-state index in [4.69, 9.17) is 0 Å². The van der Waals surface area contributed by atoms with Crippen LogP contribution in [-0.4, -0.2) is 47.0 Å². The Hall–Kier alpha value is -3.76. The van der Waals surface area contributed by atoms with Crippen LogP contribution in [0.4, 0.5) is 11.6 Å². The van der Waals surface area contributed by atoms with Gasteiger partial charge >= 0.3 is 0 Å². The molecule has 0 saturated heterocycles. The van der Waals surface area contributed by atoms with E-state index in [1.54, 1.807) is 12.1 Å². The molecule has 0 radical (unpaired) electrons. The average Bonchev–Trinajstić information content (AvgIpc) is 2.82. The van der Waals surface area contributed by atoms with Gasteiger partial charge in [0.1, 0.15) is 6.07 Å². The number of hydrogen-bond donors (Lipinski definition) is 2. The van der Waals surface area contributed by atoms with Crippen LogP contribution in [0.3, 0.4) is 0 Å². The van der Waals surface area contributed by atoms with E-state index in [2.05, 4.69) is 45.4 Å². The lowest BCUT2D eigenvalue weighted by atomic mass is 10.1. The van der Waals surface area contributed by atoms with Crippen molar-refractivity contribution in [3.05, 3.63) is 71.9 Å². The van der Waals surface area contributed by atoms with Gasteiger partial charge in [-0.15, -0.1) is 0 Å². The number of aromatic nitrogens is 2. The van der Waals surface area contributed by atoms with Crippen LogP contribution in [0.25, 0.3) is 11.3 Å². The minimum atomic E-state index is -0.0975. The highest BCUT2D eigenvalue weighted by molar-refractivity contribution is 5.94. The second kappa shape index (κ2) is 10.9. The lowest BCUT2D eigenvalue weighted by Crippen LogP contribution is -2.34. The molecule has 1 amide bonds. The standard InChI is InChI=1S/C24H26N6O/c1-3-30(4-2)15-14-26-23(31)19-10-12-21(13-11-19)28-24-27-17-20(16-25)22(29-24)18-8-6-5-7-9-18/h5-13,17H,3-4,14-15H2,1-2H3,(H,26,31)(H,27,28,29). The van der Waals surface area contributed by atoms with E-state index in [9.17, 15) is 10.1 Å². The van der Waals surface area contributed by atoms with Crippen molar-refractivity contribution < 1.29 is 4.79 Å². The van der Waals surface area contributed by atoms with Crippen LogP contribution in [0.5, 0.6) is 0 Å². The van der Waals surface area contributed by atoms with Gasteiger partial charge in [-0.3, -0.25) is 4.79 Å². The average molecular weight is 415 g/mol. The summed E-state index contributed by atoms with van der Waals surface area (Å²) in [5, 5.41) is 15.5. The quantitative estimate of drug-likeness (QED) is 0.553. The maximum absolute atomic E-state index is 12.3. The molecule has 7 heteroatoms. The van der Waals surface area contributed by atoms with Gasteiger partial charge in [0.2, 0.25) is 5.95 Å². The first-order valence-corrected chi connectivity index (χ1v) is 10.3. The number of likely N-dealkylation sites (N-methyl/N-ethyl adjacent to an activating group) is 1. The molecule has 1 aromatic heterocycles. The number of rotatable bonds is 9. The Kier molecular flexibility index (Phi) is 7.68. The topological polar surface area (TPSA) is 93.9 Å². The Morgan fingerprint density at radius 1 is 1.06 bits per heavy atom. The zero-order valence-corrected chi connectivity index (χ0v) is 17.8. The maximum Gasteiger partial charge on any atom is 0.251 e. The summed E-state index contributed by atoms with van der Waals surface area (Å²) in [6.45, 7) is 7.60. The maximum atomic E-state index is 12.3. The molecule has 2 N–H and O–H groups in total. The molecule has 3 aromatic rings. The van der Waals surface area contributed by atoms with Gasteiger partial charge in [-0.25, -0.2) is 9.97 Å². The number of nitrogens with one attached hydrogen (secondary N) is 2. The van der Waals surface area contributed by atoms with Gasteiger partial charge in [0, 0.05) is 29.9 Å². The van der Waals surface area contributed by atoms with Crippen LogP contribution < -0.4 is 10.6 Å². The fourth-order valence-corrected chi connectivity index (χ4v) is 3.14. The molecule has 7 nitrogen and oxygen atoms in total. The molecule has 0 fully saturated rings. The fourth-order valence-electron chi connectivity index (χ4n) is 3.14. The van der Waals surface area contributed by atoms with Crippen molar-refractivity contribution in [2.75, 3.05) is 31.5 Å². The van der Waals surface area contributed by atoms with E-state index in [1.807, 2.05) is 42.5 Å². The third-order valence-electron chi connectivity index (χ3n) is 4.97. The van der Waals surface area contributed by atoms with Crippen molar-refractivity contribution in [2.45, 2.75) is 13.8 Å². The molecule has 0 aliphatic rings. The zero-order chi connectivity index (χ0) is 22.1. The predicted molar refractivity (Wildman–Crippen MR) is 122 cm³/mol. The predicted octanol–water partition coefficient (Wildman–Crippen LogP) is 3.83. The highest BCUT2D eigenvalue weighted by Gasteiger charge is 2.10. The summed E-state index contributed by atoms with van der Waals surface area (Å²) < 4.78 is 0. The van der Waals surface area contributed by atoms with Crippen LogP contribution >= 0.6 is 0 Å². The Bertz CT molecular complexity index is 1040. The minimum absolute atomic E-state index is 0.0975. The molecule has 0 saturated carbocycles. The number of carbonyl (C=O) groups is 1. The summed E-state index contributed by atoms with van der Waals surface area (Å²) in [5.74, 6) is 0.286. The number of carbonyl (C=O) groups excluding carboxylic acids is 1. The third-order valence-corrected chi connectivity index (χ3v) is 4.97. The lowest BCUT2D eigenvalue weighted by Gasteiger charge is -2.18. The van der Waals surface area contributed by atoms with Crippen LogP contribution in [0, 0.1) is 11.3 Å². The molecule has 0 aliphatic heterocycles. The summed E-state index contributed by atoms with van der Waals surface area (Å²) in [5.41, 5.74) is 3.18. The first-order valence-electron chi connectivity index (χ1n) is 10.3. The van der Waals surface area contributed by atoms with Gasteiger partial charge in [0.25, 0.3) is 5.91 Å². The summed E-state index contributed by atoms with van der Waals surface area (Å²) in [4.78, 5) is 23.3. The van der Waals surface area contributed by atoms with Gasteiger partial charge in [-0.05, 0) is 37.4 Å². The molecular formula is C24H26N6O. The second-order valence-electron chi connectivity index (χ2n) is 6.92. The highest BCUT2D eigenvalue weighted by Crippen LogP contribution is 2.23. The van der Waals surface area contributed by atoms with E-state index in [0.717, 1.165) is 30.9 Å². The Labute approximate surface area is 182 Å². The van der Waals surface area contributed by atoms with E-state index in [-0.39, 0.29) is 5.91 Å². The summed E-state index contributed by atoms with van der Waals surface area (Å²) >= 11 is 0. The molecule has 1 heterocycles. The number of anilines is 2. The Morgan fingerprint density at radius 3 is 2.42 bits per heavy atom. The molecule has 158 valence electrons. The van der Waals surface area contributed by atoms with E-state index < -0.39 is 0 Å². The van der Waals surface area contributed by atoms with Crippen LogP contribution in [0.1, 0.15) is 29.8 Å². The smallest absolute Gasteiger partial charge is 0.251 e. The van der Waals surface area contributed by atoms with Gasteiger partial charge in [0.15, 0.2) is 0 Å². The molecule has 0 aliphatic carbocycles. The Morgan fingerprint density at radius 2 is 1.77 bits per heavy atom. The second-order valence-corrected chi connectivity index (χ2v) is 6.92. The van der Waals surface area contributed by atoms with Crippen molar-refractivity contribution in [3.8, 4) is 17.3 Å². The van der Waals surface area contributed by atoms with Crippen molar-refractivity contribution in [3.63, 3.8) is 0 Å². The van der Waals surface area contributed by atoms with Crippen molar-refractivity contribution in [1.82, 2.24) is 20.2 Å². The largest absolute Gasteiger partial charge is 0.351 e. The molecule has 31 heavy (non-hydrogen) atoms. The number of nitrogens with zero attached hydrogens (tertiary/aromatic N) is 4. The minimum Gasteiger partial charge on any atom is -0.351 e. The lowest BCUT2D eigenvalue weighted by molar-refractivity contribution is 0.0949. The molecule has 0 unspecified atom stereocenters. The van der Waals surface area contributed by atoms with Crippen molar-refractivity contribution >= 4 is 17.5 Å². The summed E-state index contributed by atoms with van der Waals surface area (Å²) in [7, 11) is 0. The molecule has 0 bridgehead atoms. The van der Waals surface area contributed by atoms with Crippen molar-refractivity contribution in [2.24, 2.45) is 0 Å². The zero-order valence-electron chi connectivity index (χ0n) is 17.8. The first-order chi connectivity index (χ1) is 15.1. The van der Waals surface area contributed by atoms with Crippen LogP contribution in [0.2, 0.25) is 0 Å². The van der Waals surface area contributed by atoms with Gasteiger partial charge in [0.05, 0.1) is 17.5 Å². The third kappa shape index (κ3) is 5.87.